The van der Waals surface area contributed by atoms with Gasteiger partial charge in [0, 0.05) is 61.2 Å². The predicted octanol–water partition coefficient (Wildman–Crippen LogP) is 4.36. The van der Waals surface area contributed by atoms with Crippen molar-refractivity contribution in [1.82, 2.24) is 40.0 Å². The van der Waals surface area contributed by atoms with Gasteiger partial charge in [0.2, 0.25) is 0 Å². The van der Waals surface area contributed by atoms with Crippen LogP contribution in [0.1, 0.15) is 42.5 Å². The van der Waals surface area contributed by atoms with Crippen molar-refractivity contribution in [2.75, 3.05) is 54.6 Å². The third kappa shape index (κ3) is 8.33. The largest absolute Gasteiger partial charge is 0.496 e. The Morgan fingerprint density at radius 3 is 1.43 bits per heavy atom. The fraction of sp³-hybridized carbons (Fsp3) is 0.459. The lowest BCUT2D eigenvalue weighted by Crippen LogP contribution is -2.65. The van der Waals surface area contributed by atoms with Crippen LogP contribution in [0.15, 0.2) is 61.2 Å². The predicted molar refractivity (Wildman–Crippen MR) is 190 cm³/mol. The summed E-state index contributed by atoms with van der Waals surface area (Å²) in [6.45, 7) is 8.35. The van der Waals surface area contributed by atoms with E-state index in [1.807, 2.05) is 58.6 Å². The molecule has 2 aromatic carbocycles. The summed E-state index contributed by atoms with van der Waals surface area (Å²) < 4.78 is 25.2. The zero-order valence-corrected chi connectivity index (χ0v) is 30.3. The minimum Gasteiger partial charge on any atom is -0.496 e. The number of nitrogens with one attached hydrogen (secondary N) is 2. The first-order valence-corrected chi connectivity index (χ1v) is 17.0. The van der Waals surface area contributed by atoms with Gasteiger partial charge in [0.1, 0.15) is 11.5 Å². The van der Waals surface area contributed by atoms with Crippen molar-refractivity contribution >= 4 is 12.1 Å². The summed E-state index contributed by atoms with van der Waals surface area (Å²) in [5, 5.41) is 15.0. The molecule has 4 aromatic rings. The molecule has 2 aromatic heterocycles. The molecule has 2 aliphatic heterocycles. The van der Waals surface area contributed by atoms with Crippen LogP contribution in [0.4, 0.5) is 9.59 Å². The molecule has 0 atom stereocenters. The number of aromatic nitrogens is 4. The number of ether oxygens (including phenoxy) is 4. The standard InChI is InChI=1S/C37H48N8O6/c1-36-21-37(2,24-42(22-36)34(46)38-13-26-7-9-32(50-5)28(11-26)17-44-19-30(48-3)15-40-44)25-43(23-36)35(47)39-14-27-8-10-33(51-6)29(12-27)18-45-20-31(49-4)16-41-45/h7-12,15-16,19-20H,13-14,17-18,21-25H2,1-6H3,(H,38,46)(H,39,47). The fourth-order valence-corrected chi connectivity index (χ4v) is 7.73. The second-order valence-electron chi connectivity index (χ2n) is 14.3. The minimum absolute atomic E-state index is 0.108. The van der Waals surface area contributed by atoms with Crippen molar-refractivity contribution in [2.45, 2.75) is 46.4 Å². The number of hydrogen-bond donors (Lipinski definition) is 2. The minimum atomic E-state index is -0.240. The van der Waals surface area contributed by atoms with Gasteiger partial charge < -0.3 is 39.4 Å². The zero-order valence-electron chi connectivity index (χ0n) is 30.3. The van der Waals surface area contributed by atoms with E-state index in [9.17, 15) is 9.59 Å². The van der Waals surface area contributed by atoms with Crippen LogP contribution in [0.5, 0.6) is 23.0 Å². The lowest BCUT2D eigenvalue weighted by molar-refractivity contribution is -0.0442. The van der Waals surface area contributed by atoms with Crippen molar-refractivity contribution in [3.05, 3.63) is 83.4 Å². The highest BCUT2D eigenvalue weighted by molar-refractivity contribution is 5.76. The highest BCUT2D eigenvalue weighted by atomic mass is 16.5. The van der Waals surface area contributed by atoms with Gasteiger partial charge >= 0.3 is 12.1 Å². The number of benzene rings is 2. The Labute approximate surface area is 298 Å². The third-order valence-electron chi connectivity index (χ3n) is 9.65. The molecule has 6 rings (SSSR count). The Bertz CT molecular complexity index is 1710. The van der Waals surface area contributed by atoms with E-state index in [0.29, 0.717) is 63.9 Å². The Kier molecular flexibility index (Phi) is 10.3. The summed E-state index contributed by atoms with van der Waals surface area (Å²) in [6.07, 6.45) is 7.92. The monoisotopic (exact) mass is 700 g/mol. The number of carbonyl (C=O) groups excluding carboxylic acids is 2. The van der Waals surface area contributed by atoms with Crippen LogP contribution in [0, 0.1) is 10.8 Å². The van der Waals surface area contributed by atoms with Gasteiger partial charge in [0.25, 0.3) is 0 Å². The maximum atomic E-state index is 13.6. The lowest BCUT2D eigenvalue weighted by Gasteiger charge is -2.56. The highest BCUT2D eigenvalue weighted by Gasteiger charge is 2.50. The second-order valence-corrected chi connectivity index (χ2v) is 14.3. The van der Waals surface area contributed by atoms with Crippen LogP contribution in [-0.4, -0.2) is 96.0 Å². The van der Waals surface area contributed by atoms with Crippen molar-refractivity contribution < 1.29 is 28.5 Å². The molecule has 2 bridgehead atoms. The molecule has 0 unspecified atom stereocenters. The summed E-state index contributed by atoms with van der Waals surface area (Å²) in [4.78, 5) is 30.9. The topological polar surface area (TPSA) is 137 Å². The lowest BCUT2D eigenvalue weighted by atomic mass is 9.65. The van der Waals surface area contributed by atoms with E-state index in [4.69, 9.17) is 18.9 Å². The number of piperidine rings is 2. The molecule has 0 aliphatic carbocycles. The molecule has 0 spiro atoms. The van der Waals surface area contributed by atoms with Gasteiger partial charge in [-0.3, -0.25) is 9.36 Å². The quantitative estimate of drug-likeness (QED) is 0.223. The molecule has 14 heteroatoms. The Morgan fingerprint density at radius 2 is 1.08 bits per heavy atom. The number of carbonyl (C=O) groups is 2. The summed E-state index contributed by atoms with van der Waals surface area (Å²) >= 11 is 0. The van der Waals surface area contributed by atoms with Gasteiger partial charge in [-0.05, 0) is 41.8 Å². The number of amides is 4. The second kappa shape index (κ2) is 14.8. The Hall–Kier alpha value is -5.40. The number of methoxy groups -OCH3 is 4. The molecule has 2 fully saturated rings. The van der Waals surface area contributed by atoms with Crippen LogP contribution in [0.2, 0.25) is 0 Å². The van der Waals surface area contributed by atoms with E-state index in [1.54, 1.807) is 50.2 Å². The molecule has 2 aliphatic rings. The molecule has 4 amide bonds. The summed E-state index contributed by atoms with van der Waals surface area (Å²) in [7, 11) is 6.50. The van der Waals surface area contributed by atoms with Crippen LogP contribution in [0.25, 0.3) is 0 Å². The van der Waals surface area contributed by atoms with Crippen LogP contribution >= 0.6 is 0 Å². The highest BCUT2D eigenvalue weighted by Crippen LogP contribution is 2.45. The van der Waals surface area contributed by atoms with Gasteiger partial charge in [0.05, 0.1) is 66.3 Å². The fourth-order valence-electron chi connectivity index (χ4n) is 7.73. The van der Waals surface area contributed by atoms with Crippen molar-refractivity contribution in [1.29, 1.82) is 0 Å². The van der Waals surface area contributed by atoms with E-state index >= 15 is 0 Å². The number of rotatable bonds is 12. The van der Waals surface area contributed by atoms with E-state index in [0.717, 1.165) is 40.2 Å². The number of likely N-dealkylation sites (tertiary alicyclic amines) is 2. The molecule has 2 N–H and O–H groups in total. The Balaban J connectivity index is 1.04. The molecular weight excluding hydrogens is 652 g/mol. The number of fused-ring (bicyclic) bond motifs is 2. The number of hydrogen-bond acceptors (Lipinski definition) is 8. The normalized spacial score (nSPS) is 19.7. The van der Waals surface area contributed by atoms with Gasteiger partial charge in [-0.2, -0.15) is 10.2 Å². The van der Waals surface area contributed by atoms with Crippen LogP contribution in [0.3, 0.4) is 0 Å². The molecule has 0 saturated carbocycles. The number of urea groups is 2. The summed E-state index contributed by atoms with van der Waals surface area (Å²) in [6, 6.07) is 11.6. The van der Waals surface area contributed by atoms with Crippen LogP contribution < -0.4 is 29.6 Å². The maximum Gasteiger partial charge on any atom is 0.317 e. The van der Waals surface area contributed by atoms with Crippen molar-refractivity contribution in [3.63, 3.8) is 0 Å². The van der Waals surface area contributed by atoms with E-state index in [2.05, 4.69) is 34.7 Å². The summed E-state index contributed by atoms with van der Waals surface area (Å²) in [5.41, 5.74) is 3.33. The molecule has 51 heavy (non-hydrogen) atoms. The van der Waals surface area contributed by atoms with Gasteiger partial charge in [-0.25, -0.2) is 9.59 Å². The average Bonchev–Trinajstić information content (AvgIpc) is 3.77. The van der Waals surface area contributed by atoms with E-state index in [-0.39, 0.29) is 22.9 Å². The third-order valence-corrected chi connectivity index (χ3v) is 9.65. The maximum absolute atomic E-state index is 13.6. The zero-order chi connectivity index (χ0) is 36.2. The molecule has 4 heterocycles. The first-order valence-electron chi connectivity index (χ1n) is 17.0. The smallest absolute Gasteiger partial charge is 0.317 e. The van der Waals surface area contributed by atoms with Gasteiger partial charge in [0.15, 0.2) is 11.5 Å². The Morgan fingerprint density at radius 1 is 0.667 bits per heavy atom. The SMILES string of the molecule is COc1cnn(Cc2cc(CNC(=O)N3CC4(C)CN(C(=O)NCc5ccc(OC)c(Cn6cc(OC)cn6)c5)CC(C)(C3)C4)ccc2OC)c1. The van der Waals surface area contributed by atoms with E-state index < -0.39 is 0 Å². The molecule has 0 radical (unpaired) electrons. The van der Waals surface area contributed by atoms with Crippen LogP contribution in [-0.2, 0) is 26.2 Å². The summed E-state index contributed by atoms with van der Waals surface area (Å²) in [5.74, 6) is 2.86. The molecule has 14 nitrogen and oxygen atoms in total. The van der Waals surface area contributed by atoms with Crippen molar-refractivity contribution in [2.24, 2.45) is 10.8 Å². The molecule has 272 valence electrons. The molecular formula is C37H48N8O6. The first kappa shape index (κ1) is 35.4. The van der Waals surface area contributed by atoms with Crippen molar-refractivity contribution in [3.8, 4) is 23.0 Å². The first-order chi connectivity index (χ1) is 24.5. The van der Waals surface area contributed by atoms with Gasteiger partial charge in [-0.1, -0.05) is 26.0 Å². The molecule has 2 saturated heterocycles. The average molecular weight is 701 g/mol. The number of nitrogens with zero attached hydrogens (tertiary/aromatic N) is 6. The van der Waals surface area contributed by atoms with Gasteiger partial charge in [-0.15, -0.1) is 0 Å². The van der Waals surface area contributed by atoms with E-state index in [1.165, 1.54) is 0 Å².